The molecule has 3 N–H and O–H groups in total. The van der Waals surface area contributed by atoms with Crippen molar-refractivity contribution < 1.29 is 13.5 Å². The fourth-order valence-corrected chi connectivity index (χ4v) is 3.15. The van der Waals surface area contributed by atoms with Crippen LogP contribution in [0, 0.1) is 0 Å². The maximum absolute atomic E-state index is 12.0. The molecule has 1 aromatic carbocycles. The summed E-state index contributed by atoms with van der Waals surface area (Å²) < 4.78 is 27.5. The molecule has 0 saturated heterocycles. The van der Waals surface area contributed by atoms with Gasteiger partial charge in [0.05, 0.1) is 11.8 Å². The third kappa shape index (κ3) is 2.35. The van der Waals surface area contributed by atoms with Crippen molar-refractivity contribution in [1.29, 1.82) is 0 Å². The second kappa shape index (κ2) is 4.51. The van der Waals surface area contributed by atoms with Crippen LogP contribution in [0.5, 0.6) is 0 Å². The molecule has 0 spiro atoms. The number of rotatable bonds is 2. The summed E-state index contributed by atoms with van der Waals surface area (Å²) in [6.45, 7) is 1.53. The number of aliphatic hydroxyl groups is 1. The summed E-state index contributed by atoms with van der Waals surface area (Å²) in [7, 11) is -3.82. The van der Waals surface area contributed by atoms with Gasteiger partial charge in [-0.2, -0.15) is 8.42 Å². The summed E-state index contributed by atoms with van der Waals surface area (Å²) in [5.41, 5.74) is 0.296. The van der Waals surface area contributed by atoms with Crippen molar-refractivity contribution in [3.8, 4) is 0 Å². The number of hydrazine groups is 1. The van der Waals surface area contributed by atoms with Crippen LogP contribution in [0.3, 0.4) is 0 Å². The molecular formula is C10H12ClN3O3S. The van der Waals surface area contributed by atoms with E-state index in [0.29, 0.717) is 10.7 Å². The number of anilines is 1. The van der Waals surface area contributed by atoms with Gasteiger partial charge in [0.2, 0.25) is 0 Å². The van der Waals surface area contributed by atoms with E-state index in [2.05, 4.69) is 4.40 Å². The third-order valence-electron chi connectivity index (χ3n) is 2.44. The first-order valence-electron chi connectivity index (χ1n) is 5.17. The quantitative estimate of drug-likeness (QED) is 0.788. The van der Waals surface area contributed by atoms with Crippen molar-refractivity contribution in [2.45, 2.75) is 24.3 Å². The molecule has 0 saturated carbocycles. The van der Waals surface area contributed by atoms with Gasteiger partial charge < -0.3 is 5.11 Å². The van der Waals surface area contributed by atoms with Crippen LogP contribution < -0.4 is 10.9 Å². The van der Waals surface area contributed by atoms with Crippen LogP contribution in [-0.2, 0) is 10.0 Å². The van der Waals surface area contributed by atoms with Crippen LogP contribution in [0.4, 0.5) is 5.69 Å². The average molecular weight is 290 g/mol. The number of hydrogen-bond donors (Lipinski definition) is 2. The van der Waals surface area contributed by atoms with Crippen molar-refractivity contribution in [2.24, 2.45) is 10.2 Å². The Hall–Kier alpha value is -1.15. The number of sulfonamides is 1. The van der Waals surface area contributed by atoms with Crippen LogP contribution in [0.25, 0.3) is 0 Å². The van der Waals surface area contributed by atoms with Crippen LogP contribution >= 0.6 is 11.6 Å². The molecule has 1 aliphatic heterocycles. The average Bonchev–Trinajstić information content (AvgIpc) is 2.24. The van der Waals surface area contributed by atoms with Gasteiger partial charge in [-0.25, -0.2) is 5.84 Å². The first-order chi connectivity index (χ1) is 8.31. The molecule has 2 rings (SSSR count). The van der Waals surface area contributed by atoms with Gasteiger partial charge in [0.25, 0.3) is 10.0 Å². The fourth-order valence-electron chi connectivity index (χ4n) is 1.66. The highest BCUT2D eigenvalue weighted by Gasteiger charge is 2.29. The smallest absolute Gasteiger partial charge is 0.286 e. The summed E-state index contributed by atoms with van der Waals surface area (Å²) in [6, 6.07) is 4.35. The highest BCUT2D eigenvalue weighted by Crippen LogP contribution is 2.32. The molecule has 6 nitrogen and oxygen atoms in total. The van der Waals surface area contributed by atoms with Crippen LogP contribution in [0.15, 0.2) is 27.5 Å². The molecular weight excluding hydrogens is 278 g/mol. The molecule has 1 atom stereocenters. The molecule has 0 radical (unpaired) electrons. The number of fused-ring (bicyclic) bond motifs is 1. The Balaban J connectivity index is 2.57. The lowest BCUT2D eigenvalue weighted by Crippen LogP contribution is -2.42. The SMILES string of the molecule is CC(O)CC1=NS(=O)(=O)c2cc(Cl)ccc2N1N. The van der Waals surface area contributed by atoms with E-state index in [9.17, 15) is 13.5 Å². The number of aliphatic hydroxyl groups excluding tert-OH is 1. The van der Waals surface area contributed by atoms with E-state index in [1.807, 2.05) is 0 Å². The lowest BCUT2D eigenvalue weighted by atomic mass is 10.2. The van der Waals surface area contributed by atoms with Gasteiger partial charge in [-0.1, -0.05) is 11.6 Å². The number of halogens is 1. The minimum Gasteiger partial charge on any atom is -0.393 e. The van der Waals surface area contributed by atoms with Crippen molar-refractivity contribution in [1.82, 2.24) is 0 Å². The van der Waals surface area contributed by atoms with Gasteiger partial charge in [0.1, 0.15) is 10.7 Å². The highest BCUT2D eigenvalue weighted by molar-refractivity contribution is 7.90. The first-order valence-corrected chi connectivity index (χ1v) is 6.99. The van der Waals surface area contributed by atoms with Gasteiger partial charge in [-0.3, -0.25) is 5.01 Å². The lowest BCUT2D eigenvalue weighted by Gasteiger charge is -2.27. The second-order valence-corrected chi connectivity index (χ2v) is 6.03. The second-order valence-electron chi connectivity index (χ2n) is 4.02. The van der Waals surface area contributed by atoms with Gasteiger partial charge in [0, 0.05) is 11.4 Å². The molecule has 18 heavy (non-hydrogen) atoms. The predicted octanol–water partition coefficient (Wildman–Crippen LogP) is 0.892. The number of hydrogen-bond acceptors (Lipinski definition) is 5. The molecule has 1 aromatic rings. The Bertz CT molecular complexity index is 613. The number of nitrogens with two attached hydrogens (primary N) is 1. The summed E-state index contributed by atoms with van der Waals surface area (Å²) in [5.74, 6) is 5.89. The zero-order valence-electron chi connectivity index (χ0n) is 9.54. The number of amidine groups is 1. The van der Waals surface area contributed by atoms with Crippen LogP contribution in [0.2, 0.25) is 5.02 Å². The summed E-state index contributed by atoms with van der Waals surface area (Å²) >= 11 is 5.76. The van der Waals surface area contributed by atoms with Crippen LogP contribution in [-0.4, -0.2) is 25.5 Å². The molecule has 0 aliphatic carbocycles. The Morgan fingerprint density at radius 1 is 1.56 bits per heavy atom. The summed E-state index contributed by atoms with van der Waals surface area (Å²) in [4.78, 5) is -0.0353. The van der Waals surface area contributed by atoms with E-state index >= 15 is 0 Å². The van der Waals surface area contributed by atoms with E-state index in [1.54, 1.807) is 6.07 Å². The predicted molar refractivity (Wildman–Crippen MR) is 69.0 cm³/mol. The van der Waals surface area contributed by atoms with Crippen molar-refractivity contribution >= 4 is 33.1 Å². The minimum atomic E-state index is -3.82. The Morgan fingerprint density at radius 3 is 2.83 bits per heavy atom. The zero-order chi connectivity index (χ0) is 13.5. The molecule has 1 aliphatic rings. The van der Waals surface area contributed by atoms with Gasteiger partial charge in [-0.15, -0.1) is 4.40 Å². The molecule has 1 heterocycles. The minimum absolute atomic E-state index is 0.0353. The zero-order valence-corrected chi connectivity index (χ0v) is 11.1. The molecule has 98 valence electrons. The Kier molecular flexibility index (Phi) is 3.33. The number of nitrogens with zero attached hydrogens (tertiary/aromatic N) is 2. The number of benzene rings is 1. The Labute approximate surface area is 110 Å². The van der Waals surface area contributed by atoms with E-state index < -0.39 is 16.1 Å². The summed E-state index contributed by atoms with van der Waals surface area (Å²) in [6.07, 6.45) is -0.684. The fraction of sp³-hybridized carbons (Fsp3) is 0.300. The van der Waals surface area contributed by atoms with E-state index in [-0.39, 0.29) is 17.2 Å². The molecule has 1 unspecified atom stereocenters. The maximum Gasteiger partial charge on any atom is 0.286 e. The van der Waals surface area contributed by atoms with Gasteiger partial charge in [-0.05, 0) is 25.1 Å². The van der Waals surface area contributed by atoms with E-state index in [1.165, 1.54) is 19.1 Å². The Morgan fingerprint density at radius 2 is 2.22 bits per heavy atom. The largest absolute Gasteiger partial charge is 0.393 e. The lowest BCUT2D eigenvalue weighted by molar-refractivity contribution is 0.203. The molecule has 0 bridgehead atoms. The molecule has 0 fully saturated rings. The van der Waals surface area contributed by atoms with Gasteiger partial charge in [0.15, 0.2) is 0 Å². The summed E-state index contributed by atoms with van der Waals surface area (Å²) in [5, 5.41) is 10.7. The highest BCUT2D eigenvalue weighted by atomic mass is 35.5. The van der Waals surface area contributed by atoms with Crippen molar-refractivity contribution in [2.75, 3.05) is 5.01 Å². The van der Waals surface area contributed by atoms with E-state index in [0.717, 1.165) is 5.01 Å². The standard InChI is InChI=1S/C10H12ClN3O3S/c1-6(15)4-10-13-18(16,17)9-5-7(11)2-3-8(9)14(10)12/h2-3,5-6,15H,4,12H2,1H3. The molecule has 0 aromatic heterocycles. The third-order valence-corrected chi connectivity index (χ3v) is 4.01. The topological polar surface area (TPSA) is 96.0 Å². The monoisotopic (exact) mass is 289 g/mol. The normalized spacial score (nSPS) is 19.1. The maximum atomic E-state index is 12.0. The van der Waals surface area contributed by atoms with Crippen molar-refractivity contribution in [3.05, 3.63) is 23.2 Å². The van der Waals surface area contributed by atoms with Gasteiger partial charge >= 0.3 is 0 Å². The van der Waals surface area contributed by atoms with Crippen molar-refractivity contribution in [3.63, 3.8) is 0 Å². The first kappa shape index (κ1) is 13.3. The van der Waals surface area contributed by atoms with E-state index in [4.69, 9.17) is 17.4 Å². The molecule has 0 amide bonds. The molecule has 8 heteroatoms. The van der Waals surface area contributed by atoms with Crippen LogP contribution in [0.1, 0.15) is 13.3 Å².